The summed E-state index contributed by atoms with van der Waals surface area (Å²) in [5.41, 5.74) is 2.81. The number of rotatable bonds is 6. The van der Waals surface area contributed by atoms with E-state index in [1.807, 2.05) is 17.7 Å². The van der Waals surface area contributed by atoms with Crippen molar-refractivity contribution in [3.05, 3.63) is 41.5 Å². The molecule has 154 valence electrons. The summed E-state index contributed by atoms with van der Waals surface area (Å²) in [6.07, 6.45) is 3.34. The highest BCUT2D eigenvalue weighted by Crippen LogP contribution is 2.28. The van der Waals surface area contributed by atoms with Crippen LogP contribution in [0.3, 0.4) is 0 Å². The molecule has 8 nitrogen and oxygen atoms in total. The lowest BCUT2D eigenvalue weighted by Crippen LogP contribution is -2.29. The zero-order chi connectivity index (χ0) is 21.2. The van der Waals surface area contributed by atoms with Crippen LogP contribution in [0, 0.1) is 6.92 Å². The summed E-state index contributed by atoms with van der Waals surface area (Å²) < 4.78 is 1.91. The van der Waals surface area contributed by atoms with Gasteiger partial charge in [-0.25, -0.2) is 19.6 Å². The molecule has 29 heavy (non-hydrogen) atoms. The lowest BCUT2D eigenvalue weighted by atomic mass is 10.0. The number of anilines is 1. The van der Waals surface area contributed by atoms with Crippen molar-refractivity contribution in [2.24, 2.45) is 0 Å². The Bertz CT molecular complexity index is 1000. The van der Waals surface area contributed by atoms with Gasteiger partial charge in [0.15, 0.2) is 5.65 Å². The molecule has 0 saturated carbocycles. The summed E-state index contributed by atoms with van der Waals surface area (Å²) in [6.45, 7) is 13.3. The van der Waals surface area contributed by atoms with E-state index in [-0.39, 0.29) is 17.4 Å². The molecule has 2 N–H and O–H groups in total. The molecule has 0 aromatic carbocycles. The highest BCUT2D eigenvalue weighted by molar-refractivity contribution is 6.06. The van der Waals surface area contributed by atoms with Gasteiger partial charge in [-0.1, -0.05) is 13.8 Å². The minimum atomic E-state index is -0.234. The predicted octanol–water partition coefficient (Wildman–Crippen LogP) is 3.25. The van der Waals surface area contributed by atoms with Gasteiger partial charge in [0.05, 0.1) is 22.2 Å². The molecule has 3 rings (SSSR count). The molecule has 0 aliphatic rings. The number of carbonyl (C=O) groups is 1. The van der Waals surface area contributed by atoms with Gasteiger partial charge in [-0.15, -0.1) is 0 Å². The van der Waals surface area contributed by atoms with Crippen LogP contribution in [0.4, 0.5) is 5.95 Å². The van der Waals surface area contributed by atoms with Crippen molar-refractivity contribution in [3.8, 4) is 0 Å². The Labute approximate surface area is 171 Å². The standard InChI is InChI=1S/C21H29N7O/c1-13(2)16-12-15(17-14(3)27-28(18(17)26-16)21(4,5)6)19(29)22-10-11-25-20-23-8-7-9-24-20/h7-9,12-13H,10-11H2,1-6H3,(H,22,29)(H,23,24,25). The van der Waals surface area contributed by atoms with Crippen LogP contribution in [-0.2, 0) is 5.54 Å². The molecule has 0 fully saturated rings. The number of pyridine rings is 1. The molecule has 0 aliphatic heterocycles. The number of aryl methyl sites for hydroxylation is 1. The summed E-state index contributed by atoms with van der Waals surface area (Å²) in [6, 6.07) is 3.64. The van der Waals surface area contributed by atoms with Crippen LogP contribution in [0.1, 0.15) is 62.3 Å². The molecule has 0 atom stereocenters. The van der Waals surface area contributed by atoms with Gasteiger partial charge in [-0.3, -0.25) is 4.79 Å². The molecule has 3 aromatic heterocycles. The topological polar surface area (TPSA) is 97.6 Å². The average molecular weight is 396 g/mol. The molecular formula is C21H29N7O. The fourth-order valence-corrected chi connectivity index (χ4v) is 3.09. The maximum atomic E-state index is 13.0. The molecule has 0 bridgehead atoms. The number of carbonyl (C=O) groups excluding carboxylic acids is 1. The molecule has 3 heterocycles. The zero-order valence-electron chi connectivity index (χ0n) is 17.9. The van der Waals surface area contributed by atoms with E-state index in [0.717, 1.165) is 22.4 Å². The van der Waals surface area contributed by atoms with Crippen LogP contribution in [0.25, 0.3) is 11.0 Å². The van der Waals surface area contributed by atoms with Crippen LogP contribution in [0.5, 0.6) is 0 Å². The van der Waals surface area contributed by atoms with Gasteiger partial charge in [0.25, 0.3) is 5.91 Å². The van der Waals surface area contributed by atoms with Crippen molar-refractivity contribution in [2.45, 2.75) is 53.0 Å². The second kappa shape index (κ2) is 8.14. The summed E-state index contributed by atoms with van der Waals surface area (Å²) in [5.74, 6) is 0.607. The SMILES string of the molecule is Cc1nn(C(C)(C)C)c2nc(C(C)C)cc(C(=O)NCCNc3ncccn3)c12. The van der Waals surface area contributed by atoms with Gasteiger partial charge in [0.1, 0.15) is 0 Å². The fourth-order valence-electron chi connectivity index (χ4n) is 3.09. The van der Waals surface area contributed by atoms with Gasteiger partial charge < -0.3 is 10.6 Å². The van der Waals surface area contributed by atoms with E-state index in [9.17, 15) is 4.79 Å². The lowest BCUT2D eigenvalue weighted by molar-refractivity contribution is 0.0956. The summed E-state index contributed by atoms with van der Waals surface area (Å²) in [4.78, 5) is 26.1. The second-order valence-corrected chi connectivity index (χ2v) is 8.37. The maximum Gasteiger partial charge on any atom is 0.252 e. The first-order valence-corrected chi connectivity index (χ1v) is 9.88. The molecule has 0 aliphatic carbocycles. The summed E-state index contributed by atoms with van der Waals surface area (Å²) in [7, 11) is 0. The van der Waals surface area contributed by atoms with Gasteiger partial charge in [0.2, 0.25) is 5.95 Å². The smallest absolute Gasteiger partial charge is 0.252 e. The first-order valence-electron chi connectivity index (χ1n) is 9.88. The lowest BCUT2D eigenvalue weighted by Gasteiger charge is -2.20. The third kappa shape index (κ3) is 4.52. The molecule has 0 unspecified atom stereocenters. The first kappa shape index (κ1) is 20.7. The zero-order valence-corrected chi connectivity index (χ0v) is 17.9. The largest absolute Gasteiger partial charge is 0.352 e. The minimum absolute atomic E-state index is 0.133. The van der Waals surface area contributed by atoms with Crippen molar-refractivity contribution in [1.29, 1.82) is 0 Å². The van der Waals surface area contributed by atoms with Gasteiger partial charge in [-0.05, 0) is 45.7 Å². The summed E-state index contributed by atoms with van der Waals surface area (Å²) in [5, 5.41) is 11.6. The average Bonchev–Trinajstić information content (AvgIpc) is 3.02. The molecule has 3 aromatic rings. The molecule has 0 saturated heterocycles. The van der Waals surface area contributed by atoms with Gasteiger partial charge in [0, 0.05) is 31.2 Å². The van der Waals surface area contributed by atoms with E-state index in [2.05, 4.69) is 60.3 Å². The van der Waals surface area contributed by atoms with E-state index in [4.69, 9.17) is 4.98 Å². The normalized spacial score (nSPS) is 11.8. The maximum absolute atomic E-state index is 13.0. The Hall–Kier alpha value is -3.03. The number of hydrogen-bond acceptors (Lipinski definition) is 6. The Kier molecular flexibility index (Phi) is 5.81. The van der Waals surface area contributed by atoms with Crippen LogP contribution in [0.15, 0.2) is 24.5 Å². The van der Waals surface area contributed by atoms with E-state index >= 15 is 0 Å². The van der Waals surface area contributed by atoms with Gasteiger partial charge in [-0.2, -0.15) is 5.10 Å². The Morgan fingerprint density at radius 2 is 1.86 bits per heavy atom. The molecule has 8 heteroatoms. The second-order valence-electron chi connectivity index (χ2n) is 8.37. The third-order valence-electron chi connectivity index (χ3n) is 4.56. The predicted molar refractivity (Wildman–Crippen MR) is 114 cm³/mol. The van der Waals surface area contributed by atoms with Crippen molar-refractivity contribution < 1.29 is 4.79 Å². The van der Waals surface area contributed by atoms with Gasteiger partial charge >= 0.3 is 0 Å². The number of amides is 1. The summed E-state index contributed by atoms with van der Waals surface area (Å²) >= 11 is 0. The van der Waals surface area contributed by atoms with E-state index in [1.54, 1.807) is 18.5 Å². The number of hydrogen-bond donors (Lipinski definition) is 2. The van der Waals surface area contributed by atoms with E-state index < -0.39 is 0 Å². The van der Waals surface area contributed by atoms with Crippen molar-refractivity contribution in [1.82, 2.24) is 30.0 Å². The Balaban J connectivity index is 1.87. The first-order chi connectivity index (χ1) is 13.7. The molecule has 1 amide bonds. The monoisotopic (exact) mass is 395 g/mol. The van der Waals surface area contributed by atoms with Crippen LogP contribution in [-0.4, -0.2) is 43.7 Å². The minimum Gasteiger partial charge on any atom is -0.352 e. The van der Waals surface area contributed by atoms with Crippen LogP contribution in [0.2, 0.25) is 0 Å². The highest BCUT2D eigenvalue weighted by Gasteiger charge is 2.25. The molecular weight excluding hydrogens is 366 g/mol. The number of nitrogens with one attached hydrogen (secondary N) is 2. The van der Waals surface area contributed by atoms with Crippen molar-refractivity contribution in [3.63, 3.8) is 0 Å². The van der Waals surface area contributed by atoms with E-state index in [0.29, 0.717) is 24.6 Å². The van der Waals surface area contributed by atoms with Crippen LogP contribution < -0.4 is 10.6 Å². The quantitative estimate of drug-likeness (QED) is 0.622. The Morgan fingerprint density at radius 1 is 1.17 bits per heavy atom. The third-order valence-corrected chi connectivity index (χ3v) is 4.56. The van der Waals surface area contributed by atoms with E-state index in [1.165, 1.54) is 0 Å². The fraction of sp³-hybridized carbons (Fsp3) is 0.476. The van der Waals surface area contributed by atoms with Crippen molar-refractivity contribution >= 4 is 22.9 Å². The number of aromatic nitrogens is 5. The Morgan fingerprint density at radius 3 is 2.48 bits per heavy atom. The van der Waals surface area contributed by atoms with Crippen LogP contribution >= 0.6 is 0 Å². The molecule has 0 spiro atoms. The van der Waals surface area contributed by atoms with Crippen molar-refractivity contribution in [2.75, 3.05) is 18.4 Å². The number of fused-ring (bicyclic) bond motifs is 1. The number of nitrogens with zero attached hydrogens (tertiary/aromatic N) is 5. The highest BCUT2D eigenvalue weighted by atomic mass is 16.1. The molecule has 0 radical (unpaired) electrons.